The van der Waals surface area contributed by atoms with Crippen LogP contribution in [-0.2, 0) is 6.18 Å². The fourth-order valence-corrected chi connectivity index (χ4v) is 2.95. The molecule has 0 fully saturated rings. The van der Waals surface area contributed by atoms with Gasteiger partial charge in [-0.1, -0.05) is 17.9 Å². The third kappa shape index (κ3) is 4.49. The van der Waals surface area contributed by atoms with E-state index in [4.69, 9.17) is 5.73 Å². The molecular weight excluding hydrogens is 419 g/mol. The molecule has 0 aliphatic carbocycles. The minimum atomic E-state index is -4.54. The Kier molecular flexibility index (Phi) is 5.43. The van der Waals surface area contributed by atoms with Gasteiger partial charge in [0.05, 0.1) is 23.0 Å². The largest absolute Gasteiger partial charge is 0.416 e. The standard InChI is InChI=1S/C23H14F3N5O/c24-23(25,26)17-4-1-3-15(10-17)22(32)31-18-9-14(11-28-13-18)6-7-16-12-30-21(27)20-19(16)5-2-8-29-20/h1-5,8-13H,(H2,27,30)(H,31,32). The minimum absolute atomic E-state index is 0.122. The van der Waals surface area contributed by atoms with Crippen molar-refractivity contribution < 1.29 is 18.0 Å². The van der Waals surface area contributed by atoms with E-state index in [9.17, 15) is 18.0 Å². The fraction of sp³-hybridized carbons (Fsp3) is 0.0435. The highest BCUT2D eigenvalue weighted by Crippen LogP contribution is 2.29. The number of nitrogen functional groups attached to an aromatic ring is 1. The highest BCUT2D eigenvalue weighted by molar-refractivity contribution is 6.04. The van der Waals surface area contributed by atoms with Crippen LogP contribution in [0.25, 0.3) is 10.9 Å². The monoisotopic (exact) mass is 433 g/mol. The van der Waals surface area contributed by atoms with Gasteiger partial charge in [0.1, 0.15) is 11.3 Å². The summed E-state index contributed by atoms with van der Waals surface area (Å²) >= 11 is 0. The number of hydrogen-bond acceptors (Lipinski definition) is 5. The molecule has 6 nitrogen and oxygen atoms in total. The Morgan fingerprint density at radius 3 is 2.66 bits per heavy atom. The van der Waals surface area contributed by atoms with Crippen LogP contribution in [0.4, 0.5) is 24.7 Å². The first kappa shape index (κ1) is 20.8. The first-order chi connectivity index (χ1) is 15.3. The Bertz CT molecular complexity index is 1390. The Hall–Kier alpha value is -4.45. The fourth-order valence-electron chi connectivity index (χ4n) is 2.95. The highest BCUT2D eigenvalue weighted by atomic mass is 19.4. The van der Waals surface area contributed by atoms with Crippen molar-refractivity contribution >= 4 is 28.3 Å². The van der Waals surface area contributed by atoms with Gasteiger partial charge in [0.25, 0.3) is 5.91 Å². The molecule has 3 aromatic heterocycles. The van der Waals surface area contributed by atoms with E-state index < -0.39 is 17.6 Å². The number of halogens is 3. The molecule has 0 atom stereocenters. The molecule has 0 bridgehead atoms. The average molecular weight is 433 g/mol. The number of rotatable bonds is 2. The number of nitrogens with two attached hydrogens (primary N) is 1. The van der Waals surface area contributed by atoms with E-state index >= 15 is 0 Å². The third-order valence-electron chi connectivity index (χ3n) is 4.46. The first-order valence-electron chi connectivity index (χ1n) is 9.26. The van der Waals surface area contributed by atoms with E-state index in [2.05, 4.69) is 32.1 Å². The summed E-state index contributed by atoms with van der Waals surface area (Å²) in [7, 11) is 0. The number of nitrogens with one attached hydrogen (secondary N) is 1. The zero-order valence-electron chi connectivity index (χ0n) is 16.3. The second-order valence-electron chi connectivity index (χ2n) is 6.70. The SMILES string of the molecule is Nc1ncc(C#Cc2cncc(NC(=O)c3cccc(C(F)(F)F)c3)c2)c2cccnc12. The van der Waals surface area contributed by atoms with Gasteiger partial charge >= 0.3 is 6.18 Å². The molecule has 0 spiro atoms. The molecule has 1 amide bonds. The number of aromatic nitrogens is 3. The topological polar surface area (TPSA) is 93.8 Å². The van der Waals surface area contributed by atoms with Crippen molar-refractivity contribution in [2.75, 3.05) is 11.1 Å². The molecule has 0 aliphatic rings. The Morgan fingerprint density at radius 2 is 1.84 bits per heavy atom. The van der Waals surface area contributed by atoms with Gasteiger partial charge in [0.2, 0.25) is 0 Å². The van der Waals surface area contributed by atoms with Crippen molar-refractivity contribution in [3.8, 4) is 11.8 Å². The van der Waals surface area contributed by atoms with Gasteiger partial charge in [-0.15, -0.1) is 0 Å². The highest BCUT2D eigenvalue weighted by Gasteiger charge is 2.30. The second kappa shape index (κ2) is 8.35. The molecule has 0 radical (unpaired) electrons. The predicted molar refractivity (Wildman–Crippen MR) is 114 cm³/mol. The van der Waals surface area contributed by atoms with E-state index in [1.54, 1.807) is 24.5 Å². The second-order valence-corrected chi connectivity index (χ2v) is 6.70. The molecule has 4 aromatic rings. The zero-order chi connectivity index (χ0) is 22.7. The number of hydrogen-bond donors (Lipinski definition) is 2. The van der Waals surface area contributed by atoms with Crippen molar-refractivity contribution in [3.63, 3.8) is 0 Å². The molecule has 3 N–H and O–H groups in total. The van der Waals surface area contributed by atoms with Crippen LogP contribution >= 0.6 is 0 Å². The van der Waals surface area contributed by atoms with Gasteiger partial charge in [-0.25, -0.2) is 4.98 Å². The van der Waals surface area contributed by atoms with E-state index in [1.807, 2.05) is 6.07 Å². The maximum Gasteiger partial charge on any atom is 0.416 e. The normalized spacial score (nSPS) is 11.0. The van der Waals surface area contributed by atoms with Crippen LogP contribution in [0.1, 0.15) is 27.0 Å². The Morgan fingerprint density at radius 1 is 1.00 bits per heavy atom. The number of amides is 1. The predicted octanol–water partition coefficient (Wildman–Crippen LogP) is 4.28. The van der Waals surface area contributed by atoms with E-state index in [0.717, 1.165) is 17.5 Å². The molecule has 0 unspecified atom stereocenters. The average Bonchev–Trinajstić information content (AvgIpc) is 2.79. The van der Waals surface area contributed by atoms with Crippen LogP contribution < -0.4 is 11.1 Å². The van der Waals surface area contributed by atoms with Gasteiger partial charge in [-0.2, -0.15) is 13.2 Å². The number of benzene rings is 1. The summed E-state index contributed by atoms with van der Waals surface area (Å²) in [5.74, 6) is 5.52. The quantitative estimate of drug-likeness (QED) is 0.461. The third-order valence-corrected chi connectivity index (χ3v) is 4.46. The summed E-state index contributed by atoms with van der Waals surface area (Å²) in [6.07, 6.45) is 1.49. The number of fused-ring (bicyclic) bond motifs is 1. The summed E-state index contributed by atoms with van der Waals surface area (Å²) in [6, 6.07) is 9.33. The van der Waals surface area contributed by atoms with Crippen LogP contribution in [0.5, 0.6) is 0 Å². The maximum absolute atomic E-state index is 12.9. The van der Waals surface area contributed by atoms with Crippen LogP contribution in [0.3, 0.4) is 0 Å². The molecule has 0 saturated carbocycles. The van der Waals surface area contributed by atoms with Crippen molar-refractivity contribution in [2.45, 2.75) is 6.18 Å². The van der Waals surface area contributed by atoms with Crippen LogP contribution in [-0.4, -0.2) is 20.9 Å². The lowest BCUT2D eigenvalue weighted by atomic mass is 10.1. The summed E-state index contributed by atoms with van der Waals surface area (Å²) in [6.45, 7) is 0. The molecule has 9 heteroatoms. The minimum Gasteiger partial charge on any atom is -0.382 e. The number of carbonyl (C=O) groups is 1. The summed E-state index contributed by atoms with van der Waals surface area (Å²) in [4.78, 5) is 24.7. The number of carbonyl (C=O) groups excluding carboxylic acids is 1. The van der Waals surface area contributed by atoms with Gasteiger partial charge in [-0.05, 0) is 36.4 Å². The van der Waals surface area contributed by atoms with E-state index in [0.29, 0.717) is 28.1 Å². The van der Waals surface area contributed by atoms with Gasteiger partial charge < -0.3 is 11.1 Å². The van der Waals surface area contributed by atoms with Crippen molar-refractivity contribution in [3.05, 3.63) is 89.5 Å². The summed E-state index contributed by atoms with van der Waals surface area (Å²) in [5.41, 5.74) is 6.75. The number of nitrogens with zero attached hydrogens (tertiary/aromatic N) is 3. The summed E-state index contributed by atoms with van der Waals surface area (Å²) < 4.78 is 38.6. The summed E-state index contributed by atoms with van der Waals surface area (Å²) in [5, 5.41) is 3.28. The lowest BCUT2D eigenvalue weighted by Crippen LogP contribution is -2.14. The van der Waals surface area contributed by atoms with Gasteiger partial charge in [-0.3, -0.25) is 14.8 Å². The van der Waals surface area contributed by atoms with Crippen molar-refractivity contribution in [1.29, 1.82) is 0 Å². The molecule has 158 valence electrons. The number of anilines is 2. The van der Waals surface area contributed by atoms with E-state index in [-0.39, 0.29) is 5.56 Å². The Balaban J connectivity index is 1.57. The van der Waals surface area contributed by atoms with Crippen molar-refractivity contribution in [1.82, 2.24) is 15.0 Å². The zero-order valence-corrected chi connectivity index (χ0v) is 16.3. The number of pyridine rings is 3. The smallest absolute Gasteiger partial charge is 0.382 e. The molecular formula is C23H14F3N5O. The van der Waals surface area contributed by atoms with Crippen LogP contribution in [0.2, 0.25) is 0 Å². The lowest BCUT2D eigenvalue weighted by molar-refractivity contribution is -0.137. The Labute approximate surface area is 180 Å². The molecule has 32 heavy (non-hydrogen) atoms. The molecule has 0 aliphatic heterocycles. The molecule has 4 rings (SSSR count). The number of alkyl halides is 3. The van der Waals surface area contributed by atoms with E-state index in [1.165, 1.54) is 24.5 Å². The van der Waals surface area contributed by atoms with Gasteiger partial charge in [0, 0.05) is 35.1 Å². The van der Waals surface area contributed by atoms with Crippen molar-refractivity contribution in [2.24, 2.45) is 0 Å². The molecule has 0 saturated heterocycles. The lowest BCUT2D eigenvalue weighted by Gasteiger charge is -2.09. The molecule has 3 heterocycles. The van der Waals surface area contributed by atoms with Crippen LogP contribution in [0, 0.1) is 11.8 Å². The van der Waals surface area contributed by atoms with Gasteiger partial charge in [0.15, 0.2) is 0 Å². The molecule has 1 aromatic carbocycles. The maximum atomic E-state index is 12.9. The first-order valence-corrected chi connectivity index (χ1v) is 9.26. The van der Waals surface area contributed by atoms with Crippen LogP contribution in [0.15, 0.2) is 67.3 Å².